The smallest absolute Gasteiger partial charge is 0.255 e. The largest absolute Gasteiger partial charge is 0.493 e. The first-order valence-electron chi connectivity index (χ1n) is 7.94. The SMILES string of the molecule is CCCOc1ccc(Br)cc1C(=O)NC1CCCCCC1. The first-order chi connectivity index (χ1) is 10.2. The molecule has 1 aliphatic rings. The van der Waals surface area contributed by atoms with Crippen molar-refractivity contribution in [2.24, 2.45) is 0 Å². The summed E-state index contributed by atoms with van der Waals surface area (Å²) in [5.74, 6) is 0.653. The molecule has 0 radical (unpaired) electrons. The monoisotopic (exact) mass is 353 g/mol. The minimum Gasteiger partial charge on any atom is -0.493 e. The Bertz CT molecular complexity index is 468. The van der Waals surface area contributed by atoms with E-state index in [2.05, 4.69) is 28.2 Å². The molecule has 2 rings (SSSR count). The van der Waals surface area contributed by atoms with Crippen molar-refractivity contribution in [2.45, 2.75) is 57.9 Å². The number of amides is 1. The lowest BCUT2D eigenvalue weighted by Crippen LogP contribution is -2.34. The van der Waals surface area contributed by atoms with Crippen LogP contribution in [0, 0.1) is 0 Å². The van der Waals surface area contributed by atoms with E-state index < -0.39 is 0 Å². The average Bonchev–Trinajstić information content (AvgIpc) is 2.74. The zero-order chi connectivity index (χ0) is 15.1. The third-order valence-electron chi connectivity index (χ3n) is 3.84. The Morgan fingerprint density at radius 2 is 2.00 bits per heavy atom. The second-order valence-corrected chi connectivity index (χ2v) is 6.57. The van der Waals surface area contributed by atoms with Crippen molar-refractivity contribution in [1.82, 2.24) is 5.32 Å². The van der Waals surface area contributed by atoms with E-state index in [0.717, 1.165) is 23.7 Å². The topological polar surface area (TPSA) is 38.3 Å². The minimum absolute atomic E-state index is 0.0192. The maximum atomic E-state index is 12.5. The van der Waals surface area contributed by atoms with E-state index >= 15 is 0 Å². The third kappa shape index (κ3) is 5.03. The molecule has 116 valence electrons. The van der Waals surface area contributed by atoms with Gasteiger partial charge in [-0.3, -0.25) is 4.79 Å². The van der Waals surface area contributed by atoms with Crippen LogP contribution in [0.15, 0.2) is 22.7 Å². The van der Waals surface area contributed by atoms with Crippen LogP contribution >= 0.6 is 15.9 Å². The van der Waals surface area contributed by atoms with Crippen LogP contribution in [-0.2, 0) is 0 Å². The number of halogens is 1. The molecular weight excluding hydrogens is 330 g/mol. The molecule has 0 aromatic heterocycles. The van der Waals surface area contributed by atoms with E-state index in [0.29, 0.717) is 24.0 Å². The standard InChI is InChI=1S/C17H24BrNO2/c1-2-11-21-16-10-9-13(18)12-15(16)17(20)19-14-7-5-3-4-6-8-14/h9-10,12,14H,2-8,11H2,1H3,(H,19,20). The quantitative estimate of drug-likeness (QED) is 0.779. The molecule has 0 unspecified atom stereocenters. The molecule has 0 aliphatic heterocycles. The number of nitrogens with one attached hydrogen (secondary N) is 1. The second kappa shape index (κ2) is 8.42. The third-order valence-corrected chi connectivity index (χ3v) is 4.33. The summed E-state index contributed by atoms with van der Waals surface area (Å²) in [6.45, 7) is 2.69. The van der Waals surface area contributed by atoms with Gasteiger partial charge in [0.15, 0.2) is 0 Å². The summed E-state index contributed by atoms with van der Waals surface area (Å²) < 4.78 is 6.59. The van der Waals surface area contributed by atoms with Crippen LogP contribution in [0.4, 0.5) is 0 Å². The van der Waals surface area contributed by atoms with E-state index in [1.807, 2.05) is 18.2 Å². The fourth-order valence-electron chi connectivity index (χ4n) is 2.70. The molecule has 1 amide bonds. The molecule has 1 N–H and O–H groups in total. The van der Waals surface area contributed by atoms with Gasteiger partial charge < -0.3 is 10.1 Å². The Kier molecular flexibility index (Phi) is 6.55. The van der Waals surface area contributed by atoms with Gasteiger partial charge in [-0.05, 0) is 37.5 Å². The van der Waals surface area contributed by atoms with Crippen molar-refractivity contribution < 1.29 is 9.53 Å². The highest BCUT2D eigenvalue weighted by Crippen LogP contribution is 2.24. The van der Waals surface area contributed by atoms with Gasteiger partial charge in [0.2, 0.25) is 0 Å². The number of hydrogen-bond donors (Lipinski definition) is 1. The van der Waals surface area contributed by atoms with E-state index in [9.17, 15) is 4.79 Å². The van der Waals surface area contributed by atoms with Crippen molar-refractivity contribution in [2.75, 3.05) is 6.61 Å². The zero-order valence-electron chi connectivity index (χ0n) is 12.7. The summed E-state index contributed by atoms with van der Waals surface area (Å²) in [7, 11) is 0. The van der Waals surface area contributed by atoms with Crippen LogP contribution in [0.2, 0.25) is 0 Å². The van der Waals surface area contributed by atoms with Gasteiger partial charge in [-0.15, -0.1) is 0 Å². The first-order valence-corrected chi connectivity index (χ1v) is 8.73. The molecule has 1 aromatic rings. The highest BCUT2D eigenvalue weighted by Gasteiger charge is 2.18. The molecule has 3 nitrogen and oxygen atoms in total. The van der Waals surface area contributed by atoms with Gasteiger partial charge in [0.1, 0.15) is 5.75 Å². The van der Waals surface area contributed by atoms with E-state index in [1.54, 1.807) is 0 Å². The summed E-state index contributed by atoms with van der Waals surface area (Å²) in [6, 6.07) is 5.92. The van der Waals surface area contributed by atoms with Gasteiger partial charge in [-0.1, -0.05) is 48.5 Å². The minimum atomic E-state index is -0.0192. The highest BCUT2D eigenvalue weighted by molar-refractivity contribution is 9.10. The maximum Gasteiger partial charge on any atom is 0.255 e. The van der Waals surface area contributed by atoms with Crippen LogP contribution in [0.3, 0.4) is 0 Å². The van der Waals surface area contributed by atoms with Crippen LogP contribution in [0.1, 0.15) is 62.2 Å². The first kappa shape index (κ1) is 16.3. The molecule has 1 saturated carbocycles. The molecular formula is C17H24BrNO2. The molecule has 0 saturated heterocycles. The van der Waals surface area contributed by atoms with Crippen LogP contribution < -0.4 is 10.1 Å². The fourth-order valence-corrected chi connectivity index (χ4v) is 3.07. The predicted molar refractivity (Wildman–Crippen MR) is 88.9 cm³/mol. The number of rotatable bonds is 5. The molecule has 1 aromatic carbocycles. The van der Waals surface area contributed by atoms with Crippen molar-refractivity contribution in [3.63, 3.8) is 0 Å². The number of hydrogen-bond acceptors (Lipinski definition) is 2. The second-order valence-electron chi connectivity index (χ2n) is 5.65. The van der Waals surface area contributed by atoms with E-state index in [4.69, 9.17) is 4.74 Å². The predicted octanol–water partition coefficient (Wildman–Crippen LogP) is 4.69. The van der Waals surface area contributed by atoms with Gasteiger partial charge >= 0.3 is 0 Å². The molecule has 4 heteroatoms. The molecule has 0 atom stereocenters. The lowest BCUT2D eigenvalue weighted by atomic mass is 10.1. The van der Waals surface area contributed by atoms with E-state index in [1.165, 1.54) is 25.7 Å². The van der Waals surface area contributed by atoms with Gasteiger partial charge in [0.25, 0.3) is 5.91 Å². The van der Waals surface area contributed by atoms with Gasteiger partial charge in [0, 0.05) is 10.5 Å². The normalized spacial score (nSPS) is 16.3. The van der Waals surface area contributed by atoms with Crippen molar-refractivity contribution in [3.05, 3.63) is 28.2 Å². The van der Waals surface area contributed by atoms with Crippen molar-refractivity contribution in [3.8, 4) is 5.75 Å². The average molecular weight is 354 g/mol. The number of carbonyl (C=O) groups excluding carboxylic acids is 1. The zero-order valence-corrected chi connectivity index (χ0v) is 14.2. The van der Waals surface area contributed by atoms with Gasteiger partial charge in [-0.25, -0.2) is 0 Å². The lowest BCUT2D eigenvalue weighted by molar-refractivity contribution is 0.0929. The fraction of sp³-hybridized carbons (Fsp3) is 0.588. The van der Waals surface area contributed by atoms with Crippen LogP contribution in [-0.4, -0.2) is 18.6 Å². The molecule has 0 spiro atoms. The molecule has 0 heterocycles. The summed E-state index contributed by atoms with van der Waals surface area (Å²) in [6.07, 6.45) is 8.10. The summed E-state index contributed by atoms with van der Waals surface area (Å²) >= 11 is 3.43. The molecule has 0 bridgehead atoms. The molecule has 1 aliphatic carbocycles. The van der Waals surface area contributed by atoms with E-state index in [-0.39, 0.29) is 5.91 Å². The van der Waals surface area contributed by atoms with Crippen LogP contribution in [0.25, 0.3) is 0 Å². The summed E-state index contributed by atoms with van der Waals surface area (Å²) in [5.41, 5.74) is 0.627. The lowest BCUT2D eigenvalue weighted by Gasteiger charge is -2.18. The maximum absolute atomic E-state index is 12.5. The summed E-state index contributed by atoms with van der Waals surface area (Å²) in [4.78, 5) is 12.5. The molecule has 1 fully saturated rings. The Morgan fingerprint density at radius 3 is 2.67 bits per heavy atom. The number of carbonyl (C=O) groups is 1. The van der Waals surface area contributed by atoms with Crippen molar-refractivity contribution >= 4 is 21.8 Å². The Labute approximate surface area is 135 Å². The van der Waals surface area contributed by atoms with Crippen molar-refractivity contribution in [1.29, 1.82) is 0 Å². The number of ether oxygens (including phenoxy) is 1. The Hall–Kier alpha value is -1.03. The van der Waals surface area contributed by atoms with Crippen LogP contribution in [0.5, 0.6) is 5.75 Å². The molecule has 21 heavy (non-hydrogen) atoms. The Balaban J connectivity index is 2.07. The van der Waals surface area contributed by atoms with Gasteiger partial charge in [-0.2, -0.15) is 0 Å². The Morgan fingerprint density at radius 1 is 1.29 bits per heavy atom. The highest BCUT2D eigenvalue weighted by atomic mass is 79.9. The van der Waals surface area contributed by atoms with Gasteiger partial charge in [0.05, 0.1) is 12.2 Å². The number of benzene rings is 1. The summed E-state index contributed by atoms with van der Waals surface area (Å²) in [5, 5.41) is 3.18.